The molecule has 2 aromatic heterocycles. The van der Waals surface area contributed by atoms with Crippen molar-refractivity contribution in [2.45, 2.75) is 19.9 Å². The molecule has 0 aliphatic heterocycles. The summed E-state index contributed by atoms with van der Waals surface area (Å²) in [6.45, 7) is 2.49. The Balaban J connectivity index is 1.51. The number of aryl methyl sites for hydroxylation is 1. The average molecular weight is 404 g/mol. The van der Waals surface area contributed by atoms with E-state index in [0.29, 0.717) is 12.1 Å². The van der Waals surface area contributed by atoms with Gasteiger partial charge in [-0.05, 0) is 47.7 Å². The maximum absolute atomic E-state index is 12.2. The molecule has 0 saturated carbocycles. The Hall–Kier alpha value is -3.45. The first kappa shape index (κ1) is 18.9. The van der Waals surface area contributed by atoms with E-state index in [1.54, 1.807) is 41.8 Å². The molecule has 29 heavy (non-hydrogen) atoms. The van der Waals surface area contributed by atoms with Crippen LogP contribution in [0.3, 0.4) is 0 Å². The number of hydrogen-bond donors (Lipinski definition) is 3. The Kier molecular flexibility index (Phi) is 5.14. The molecule has 0 radical (unpaired) electrons. The maximum atomic E-state index is 12.2. The summed E-state index contributed by atoms with van der Waals surface area (Å²) in [5.41, 5.74) is 9.29. The van der Waals surface area contributed by atoms with Crippen LogP contribution in [0.15, 0.2) is 54.7 Å². The van der Waals surface area contributed by atoms with Gasteiger partial charge < -0.3 is 16.2 Å². The molecule has 0 spiro atoms. The van der Waals surface area contributed by atoms with E-state index in [-0.39, 0.29) is 24.0 Å². The minimum atomic E-state index is -0.134. The van der Waals surface area contributed by atoms with Crippen LogP contribution in [0, 0.1) is 6.92 Å². The number of thiophene rings is 1. The molecule has 0 aliphatic rings. The summed E-state index contributed by atoms with van der Waals surface area (Å²) in [6, 6.07) is 14.9. The Morgan fingerprint density at radius 1 is 1.21 bits per heavy atom. The lowest BCUT2D eigenvalue weighted by Crippen LogP contribution is -2.24. The Morgan fingerprint density at radius 2 is 2.03 bits per heavy atom. The number of phenols is 1. The van der Waals surface area contributed by atoms with Crippen LogP contribution in [0.2, 0.25) is 0 Å². The topological polar surface area (TPSA) is 101 Å². The molecule has 0 bridgehead atoms. The molecule has 0 atom stereocenters. The molecule has 0 fully saturated rings. The van der Waals surface area contributed by atoms with E-state index in [9.17, 15) is 9.90 Å². The third-order valence-corrected chi connectivity index (χ3v) is 6.04. The highest BCUT2D eigenvalue weighted by Crippen LogP contribution is 2.37. The molecule has 7 heteroatoms. The number of anilines is 1. The summed E-state index contributed by atoms with van der Waals surface area (Å²) in [7, 11) is 0. The van der Waals surface area contributed by atoms with Crippen LogP contribution < -0.4 is 11.1 Å². The largest absolute Gasteiger partial charge is 0.508 e. The molecule has 6 nitrogen and oxygen atoms in total. The Labute approximate surface area is 172 Å². The fourth-order valence-corrected chi connectivity index (χ4v) is 4.38. The molecular formula is C22H20N4O2S. The summed E-state index contributed by atoms with van der Waals surface area (Å²) >= 11 is 1.66. The van der Waals surface area contributed by atoms with Gasteiger partial charge in [0.05, 0.1) is 17.0 Å². The van der Waals surface area contributed by atoms with E-state index in [0.717, 1.165) is 31.8 Å². The van der Waals surface area contributed by atoms with E-state index < -0.39 is 0 Å². The summed E-state index contributed by atoms with van der Waals surface area (Å²) in [4.78, 5) is 21.6. The van der Waals surface area contributed by atoms with Gasteiger partial charge in [0.15, 0.2) is 0 Å². The Morgan fingerprint density at radius 3 is 2.83 bits per heavy atom. The average Bonchev–Trinajstić information content (AvgIpc) is 3.04. The monoisotopic (exact) mass is 404 g/mol. The van der Waals surface area contributed by atoms with E-state index in [4.69, 9.17) is 5.73 Å². The van der Waals surface area contributed by atoms with Crippen LogP contribution in [0.1, 0.15) is 16.7 Å². The third kappa shape index (κ3) is 4.05. The molecule has 0 saturated heterocycles. The van der Waals surface area contributed by atoms with Crippen LogP contribution in [0.5, 0.6) is 5.75 Å². The number of phenolic OH excluding ortho intramolecular Hbond substituents is 1. The van der Waals surface area contributed by atoms with Crippen LogP contribution in [0.4, 0.5) is 5.95 Å². The van der Waals surface area contributed by atoms with Crippen LogP contribution >= 0.6 is 11.3 Å². The van der Waals surface area contributed by atoms with Gasteiger partial charge in [-0.2, -0.15) is 0 Å². The second kappa shape index (κ2) is 7.89. The van der Waals surface area contributed by atoms with Crippen molar-refractivity contribution >= 4 is 33.3 Å². The Bertz CT molecular complexity index is 1200. The fraction of sp³-hybridized carbons (Fsp3) is 0.136. The lowest BCUT2D eigenvalue weighted by Gasteiger charge is -2.07. The number of nitrogens with one attached hydrogen (secondary N) is 1. The number of carbonyl (C=O) groups excluding carboxylic acids is 1. The minimum Gasteiger partial charge on any atom is -0.508 e. The first-order chi connectivity index (χ1) is 14.0. The summed E-state index contributed by atoms with van der Waals surface area (Å²) in [5, 5.41) is 13.9. The van der Waals surface area contributed by atoms with Crippen molar-refractivity contribution in [3.63, 3.8) is 0 Å². The number of nitrogen functional groups attached to an aromatic ring is 1. The van der Waals surface area contributed by atoms with Crippen molar-refractivity contribution in [1.29, 1.82) is 0 Å². The van der Waals surface area contributed by atoms with E-state index in [1.807, 2.05) is 12.1 Å². The number of para-hydroxylation sites is 1. The summed E-state index contributed by atoms with van der Waals surface area (Å²) in [6.07, 6.45) is 1.80. The number of hydrogen-bond acceptors (Lipinski definition) is 6. The third-order valence-electron chi connectivity index (χ3n) is 4.74. The molecule has 0 aliphatic carbocycles. The minimum absolute atomic E-state index is 0.134. The highest BCUT2D eigenvalue weighted by molar-refractivity contribution is 7.22. The normalized spacial score (nSPS) is 10.9. The maximum Gasteiger partial charge on any atom is 0.224 e. The molecule has 2 heterocycles. The fourth-order valence-electron chi connectivity index (χ4n) is 3.22. The molecular weight excluding hydrogens is 384 g/mol. The van der Waals surface area contributed by atoms with E-state index >= 15 is 0 Å². The van der Waals surface area contributed by atoms with Gasteiger partial charge in [0.25, 0.3) is 0 Å². The molecule has 1 amide bonds. The standard InChI is InChI=1S/C22H20N4O2S/c1-13-16-10-14(12-25-20(28)11-15-4-2-3-5-18(15)27)6-7-19(16)29-21(13)17-8-9-24-22(23)26-17/h2-10,27H,11-12H2,1H3,(H,25,28)(H2,23,24,26). The molecule has 4 N–H and O–H groups in total. The van der Waals surface area contributed by atoms with E-state index in [1.165, 1.54) is 0 Å². The number of nitrogens with two attached hydrogens (primary N) is 1. The number of amides is 1. The van der Waals surface area contributed by atoms with Gasteiger partial charge >= 0.3 is 0 Å². The first-order valence-corrected chi connectivity index (χ1v) is 9.97. The predicted octanol–water partition coefficient (Wildman–Crippen LogP) is 3.81. The molecule has 4 aromatic rings. The van der Waals surface area contributed by atoms with Gasteiger partial charge in [0, 0.05) is 23.0 Å². The summed E-state index contributed by atoms with van der Waals surface area (Å²) in [5.74, 6) is 0.258. The van der Waals surface area contributed by atoms with Crippen molar-refractivity contribution in [3.8, 4) is 16.3 Å². The second-order valence-corrected chi connectivity index (χ2v) is 7.82. The van der Waals surface area contributed by atoms with Crippen molar-refractivity contribution in [3.05, 3.63) is 71.4 Å². The van der Waals surface area contributed by atoms with Gasteiger partial charge in [-0.3, -0.25) is 4.79 Å². The SMILES string of the molecule is Cc1c(-c2ccnc(N)n2)sc2ccc(CNC(=O)Cc3ccccc3O)cc12. The zero-order chi connectivity index (χ0) is 20.4. The van der Waals surface area contributed by atoms with Crippen LogP contribution in [-0.2, 0) is 17.8 Å². The highest BCUT2D eigenvalue weighted by atomic mass is 32.1. The smallest absolute Gasteiger partial charge is 0.224 e. The first-order valence-electron chi connectivity index (χ1n) is 9.16. The number of benzene rings is 2. The highest BCUT2D eigenvalue weighted by Gasteiger charge is 2.13. The van der Waals surface area contributed by atoms with Crippen LogP contribution in [0.25, 0.3) is 20.7 Å². The van der Waals surface area contributed by atoms with Gasteiger partial charge in [0.1, 0.15) is 5.75 Å². The van der Waals surface area contributed by atoms with Crippen molar-refractivity contribution < 1.29 is 9.90 Å². The summed E-state index contributed by atoms with van der Waals surface area (Å²) < 4.78 is 1.15. The van der Waals surface area contributed by atoms with Gasteiger partial charge in [0.2, 0.25) is 11.9 Å². The quantitative estimate of drug-likeness (QED) is 0.469. The zero-order valence-corrected chi connectivity index (χ0v) is 16.7. The van der Waals surface area contributed by atoms with Gasteiger partial charge in [-0.1, -0.05) is 24.3 Å². The number of nitrogens with zero attached hydrogens (tertiary/aromatic N) is 2. The lowest BCUT2D eigenvalue weighted by atomic mass is 10.1. The molecule has 146 valence electrons. The number of aromatic nitrogens is 2. The van der Waals surface area contributed by atoms with Crippen molar-refractivity contribution in [2.24, 2.45) is 0 Å². The lowest BCUT2D eigenvalue weighted by molar-refractivity contribution is -0.120. The second-order valence-electron chi connectivity index (χ2n) is 6.77. The number of rotatable bonds is 5. The molecule has 0 unspecified atom stereocenters. The molecule has 2 aromatic carbocycles. The van der Waals surface area contributed by atoms with Gasteiger partial charge in [-0.15, -0.1) is 11.3 Å². The van der Waals surface area contributed by atoms with Crippen molar-refractivity contribution in [1.82, 2.24) is 15.3 Å². The molecule has 4 rings (SSSR count). The number of aromatic hydroxyl groups is 1. The predicted molar refractivity (Wildman–Crippen MR) is 116 cm³/mol. The van der Waals surface area contributed by atoms with Crippen LogP contribution in [-0.4, -0.2) is 21.0 Å². The zero-order valence-electron chi connectivity index (χ0n) is 15.8. The number of fused-ring (bicyclic) bond motifs is 1. The van der Waals surface area contributed by atoms with Crippen molar-refractivity contribution in [2.75, 3.05) is 5.73 Å². The van der Waals surface area contributed by atoms with Gasteiger partial charge in [-0.25, -0.2) is 9.97 Å². The number of carbonyl (C=O) groups is 1. The van der Waals surface area contributed by atoms with E-state index in [2.05, 4.69) is 34.3 Å².